The summed E-state index contributed by atoms with van der Waals surface area (Å²) in [5.41, 5.74) is 1.03. The van der Waals surface area contributed by atoms with Gasteiger partial charge in [0.05, 0.1) is 1.37 Å². The van der Waals surface area contributed by atoms with Crippen LogP contribution in [0.15, 0.2) is 12.2 Å². The molecule has 2 nitrogen and oxygen atoms in total. The van der Waals surface area contributed by atoms with Gasteiger partial charge < -0.3 is 0 Å². The van der Waals surface area contributed by atoms with Crippen LogP contribution in [0.4, 0.5) is 0 Å². The third-order valence-corrected chi connectivity index (χ3v) is 1.09. The first-order valence-electron chi connectivity index (χ1n) is 3.22. The van der Waals surface area contributed by atoms with Gasteiger partial charge in [-0.15, -0.1) is 0 Å². The minimum absolute atomic E-state index is 0.318. The third-order valence-electron chi connectivity index (χ3n) is 1.09. The lowest BCUT2D eigenvalue weighted by Crippen LogP contribution is -1.85. The van der Waals surface area contributed by atoms with Crippen molar-refractivity contribution in [3.63, 3.8) is 0 Å². The molecule has 1 N–H and O–H groups in total. The van der Waals surface area contributed by atoms with Crippen molar-refractivity contribution in [3.8, 4) is 0 Å². The molecule has 2 heteroatoms. The van der Waals surface area contributed by atoms with Crippen molar-refractivity contribution in [1.29, 1.82) is 0 Å². The molecule has 0 fully saturated rings. The average molecular weight is 111 g/mol. The Morgan fingerprint density at radius 1 is 1.88 bits per heavy atom. The van der Waals surface area contributed by atoms with Crippen LogP contribution < -0.4 is 0 Å². The third kappa shape index (κ3) is 0.886. The van der Waals surface area contributed by atoms with Gasteiger partial charge in [-0.25, -0.2) is 0 Å². The Morgan fingerprint density at radius 2 is 2.62 bits per heavy atom. The molecule has 1 aromatic heterocycles. The fourth-order valence-corrected chi connectivity index (χ4v) is 0.527. The van der Waals surface area contributed by atoms with E-state index in [1.807, 2.05) is 0 Å². The maximum absolute atomic E-state index is 7.07. The Bertz CT molecular complexity index is 193. The van der Waals surface area contributed by atoms with E-state index in [4.69, 9.17) is 1.37 Å². The molecule has 0 aliphatic heterocycles. The van der Waals surface area contributed by atoms with Crippen LogP contribution in [-0.2, 0) is 0 Å². The molecule has 0 bridgehead atoms. The van der Waals surface area contributed by atoms with Gasteiger partial charge in [-0.05, 0) is 12.0 Å². The zero-order valence-corrected chi connectivity index (χ0v) is 5.10. The molecule has 0 spiro atoms. The molecule has 0 amide bonds. The molecule has 0 atom stereocenters. The highest BCUT2D eigenvalue weighted by molar-refractivity contribution is 5.01. The number of aromatic nitrogens is 2. The second-order valence-electron chi connectivity index (χ2n) is 2.11. The minimum atomic E-state index is 0.318. The molecule has 0 aliphatic carbocycles. The Labute approximate surface area is 50.3 Å². The summed E-state index contributed by atoms with van der Waals surface area (Å²) in [7, 11) is 0. The van der Waals surface area contributed by atoms with Gasteiger partial charge in [-0.1, -0.05) is 13.8 Å². The molecule has 0 radical (unpaired) electrons. The number of H-pyrrole nitrogens is 1. The van der Waals surface area contributed by atoms with Gasteiger partial charge in [0.15, 0.2) is 0 Å². The zero-order chi connectivity index (χ0) is 6.85. The SMILES string of the molecule is [2H]c1cc(C(C)C)[nH]n1. The first kappa shape index (κ1) is 4.13. The Morgan fingerprint density at radius 3 is 2.88 bits per heavy atom. The Kier molecular flexibility index (Phi) is 1.02. The Balaban J connectivity index is 2.85. The summed E-state index contributed by atoms with van der Waals surface area (Å²) in [6, 6.07) is 1.74. The summed E-state index contributed by atoms with van der Waals surface area (Å²) >= 11 is 0. The maximum atomic E-state index is 7.07. The normalized spacial score (nSPS) is 12.1. The first-order valence-corrected chi connectivity index (χ1v) is 2.72. The zero-order valence-electron chi connectivity index (χ0n) is 6.10. The number of nitrogens with one attached hydrogen (secondary N) is 1. The number of rotatable bonds is 1. The molecule has 0 unspecified atom stereocenters. The summed E-state index contributed by atoms with van der Waals surface area (Å²) in [4.78, 5) is 0. The van der Waals surface area contributed by atoms with Crippen molar-refractivity contribution in [2.45, 2.75) is 19.8 Å². The van der Waals surface area contributed by atoms with Crippen molar-refractivity contribution in [3.05, 3.63) is 17.9 Å². The largest absolute Gasteiger partial charge is 0.282 e. The number of nitrogens with zero attached hydrogens (tertiary/aromatic N) is 1. The van der Waals surface area contributed by atoms with Crippen LogP contribution in [0.5, 0.6) is 0 Å². The van der Waals surface area contributed by atoms with Crippen LogP contribution in [0.3, 0.4) is 0 Å². The van der Waals surface area contributed by atoms with Crippen LogP contribution in [-0.4, -0.2) is 10.2 Å². The van der Waals surface area contributed by atoms with Gasteiger partial charge in [-0.2, -0.15) is 5.10 Å². The fourth-order valence-electron chi connectivity index (χ4n) is 0.527. The predicted molar refractivity (Wildman–Crippen MR) is 32.7 cm³/mol. The summed E-state index contributed by atoms with van der Waals surface area (Å²) in [6.07, 6.45) is 0.318. The fraction of sp³-hybridized carbons (Fsp3) is 0.500. The minimum Gasteiger partial charge on any atom is -0.282 e. The molecular weight excluding hydrogens is 100 g/mol. The van der Waals surface area contributed by atoms with Crippen LogP contribution in [0.1, 0.15) is 26.8 Å². The average Bonchev–Trinajstić information content (AvgIpc) is 2.14. The topological polar surface area (TPSA) is 28.7 Å². The lowest BCUT2D eigenvalue weighted by molar-refractivity contribution is 0.810. The molecule has 1 rings (SSSR count). The number of hydrogen-bond donors (Lipinski definition) is 1. The summed E-state index contributed by atoms with van der Waals surface area (Å²) < 4.78 is 7.07. The van der Waals surface area contributed by atoms with E-state index in [9.17, 15) is 0 Å². The van der Waals surface area contributed by atoms with Crippen LogP contribution in [0.25, 0.3) is 0 Å². The standard InChI is InChI=1S/C6H10N2/c1-5(2)6-3-4-7-8-6/h3-5H,1-2H3,(H,7,8)/i4D. The van der Waals surface area contributed by atoms with Crippen LogP contribution >= 0.6 is 0 Å². The molecule has 8 heavy (non-hydrogen) atoms. The van der Waals surface area contributed by atoms with E-state index in [0.29, 0.717) is 12.1 Å². The molecule has 0 saturated heterocycles. The van der Waals surface area contributed by atoms with E-state index in [0.717, 1.165) is 5.69 Å². The van der Waals surface area contributed by atoms with E-state index in [-0.39, 0.29) is 0 Å². The molecule has 0 aliphatic rings. The highest BCUT2D eigenvalue weighted by Gasteiger charge is 1.95. The number of hydrogen-bond acceptors (Lipinski definition) is 1. The molecule has 0 aromatic carbocycles. The van der Waals surface area contributed by atoms with Crippen molar-refractivity contribution >= 4 is 0 Å². The van der Waals surface area contributed by atoms with E-state index in [2.05, 4.69) is 24.0 Å². The molecule has 1 aromatic rings. The first-order chi connectivity index (χ1) is 4.20. The van der Waals surface area contributed by atoms with E-state index in [1.54, 1.807) is 6.07 Å². The highest BCUT2D eigenvalue weighted by Crippen LogP contribution is 2.07. The summed E-state index contributed by atoms with van der Waals surface area (Å²) in [5.74, 6) is 0.441. The smallest absolute Gasteiger partial charge is 0.0860 e. The molecular formula is C6H10N2. The maximum Gasteiger partial charge on any atom is 0.0860 e. The van der Waals surface area contributed by atoms with Crippen LogP contribution in [0.2, 0.25) is 0 Å². The van der Waals surface area contributed by atoms with Gasteiger partial charge in [-0.3, -0.25) is 5.10 Å². The van der Waals surface area contributed by atoms with E-state index < -0.39 is 0 Å². The van der Waals surface area contributed by atoms with E-state index in [1.165, 1.54) is 0 Å². The van der Waals surface area contributed by atoms with Crippen molar-refractivity contribution in [2.75, 3.05) is 0 Å². The van der Waals surface area contributed by atoms with Crippen molar-refractivity contribution < 1.29 is 1.37 Å². The van der Waals surface area contributed by atoms with Gasteiger partial charge >= 0.3 is 0 Å². The number of aromatic amines is 1. The summed E-state index contributed by atoms with van der Waals surface area (Å²) in [6.45, 7) is 4.12. The monoisotopic (exact) mass is 111 g/mol. The molecule has 0 saturated carbocycles. The summed E-state index contributed by atoms with van der Waals surface area (Å²) in [5, 5.41) is 6.45. The highest BCUT2D eigenvalue weighted by atomic mass is 15.1. The lowest BCUT2D eigenvalue weighted by atomic mass is 10.1. The quantitative estimate of drug-likeness (QED) is 0.585. The van der Waals surface area contributed by atoms with Gasteiger partial charge in [0.1, 0.15) is 0 Å². The second-order valence-corrected chi connectivity index (χ2v) is 2.11. The van der Waals surface area contributed by atoms with Crippen molar-refractivity contribution in [1.82, 2.24) is 10.2 Å². The van der Waals surface area contributed by atoms with E-state index >= 15 is 0 Å². The van der Waals surface area contributed by atoms with Crippen molar-refractivity contribution in [2.24, 2.45) is 0 Å². The van der Waals surface area contributed by atoms with Gasteiger partial charge in [0.25, 0.3) is 0 Å². The lowest BCUT2D eigenvalue weighted by Gasteiger charge is -1.95. The Hall–Kier alpha value is -0.790. The molecule has 44 valence electrons. The van der Waals surface area contributed by atoms with Gasteiger partial charge in [0.2, 0.25) is 0 Å². The van der Waals surface area contributed by atoms with Crippen LogP contribution in [0, 0.1) is 0 Å². The second kappa shape index (κ2) is 1.99. The molecule has 1 heterocycles. The van der Waals surface area contributed by atoms with Gasteiger partial charge in [0, 0.05) is 11.9 Å². The predicted octanol–water partition coefficient (Wildman–Crippen LogP) is 1.53.